The maximum absolute atomic E-state index is 15.1. The lowest BCUT2D eigenvalue weighted by molar-refractivity contribution is -0.154. The van der Waals surface area contributed by atoms with Crippen molar-refractivity contribution >= 4 is 56.9 Å². The molecule has 0 aliphatic carbocycles. The molecular formula is C37H46BrN3O5S. The minimum absolute atomic E-state index is 0.0874. The van der Waals surface area contributed by atoms with Crippen LogP contribution in [0.25, 0.3) is 0 Å². The average molecular weight is 725 g/mol. The Morgan fingerprint density at radius 2 is 1.77 bits per heavy atom. The van der Waals surface area contributed by atoms with Crippen molar-refractivity contribution in [2.75, 3.05) is 42.6 Å². The first kappa shape index (κ1) is 35.2. The molecule has 3 unspecified atom stereocenters. The first-order valence-corrected chi connectivity index (χ1v) is 18.4. The van der Waals surface area contributed by atoms with E-state index in [9.17, 15) is 14.7 Å². The molecule has 3 heterocycles. The summed E-state index contributed by atoms with van der Waals surface area (Å²) in [6.07, 6.45) is 6.48. The quantitative estimate of drug-likeness (QED) is 0.0962. The molecule has 3 saturated heterocycles. The Hall–Kier alpha value is -3.08. The molecule has 8 nitrogen and oxygen atoms in total. The minimum Gasteiger partial charge on any atom is -0.465 e. The first-order chi connectivity index (χ1) is 22.8. The van der Waals surface area contributed by atoms with Gasteiger partial charge in [-0.05, 0) is 69.4 Å². The van der Waals surface area contributed by atoms with Crippen LogP contribution in [0, 0.1) is 11.8 Å². The number of carbonyl (C=O) groups is 3. The summed E-state index contributed by atoms with van der Waals surface area (Å²) < 4.78 is 4.91. The summed E-state index contributed by atoms with van der Waals surface area (Å²) in [5.41, 5.74) is 2.48. The Balaban J connectivity index is 1.56. The molecule has 0 aromatic heterocycles. The van der Waals surface area contributed by atoms with E-state index >= 15 is 4.79 Å². The third-order valence-corrected chi connectivity index (χ3v) is 13.1. The van der Waals surface area contributed by atoms with E-state index in [0.29, 0.717) is 18.5 Å². The number of rotatable bonds is 16. The SMILES string of the molecule is C=CCCCCOC(=O)[C@H]1[C@H]2C(=O)N([C@H](CO)c3ccccc3)C(C(=O)N(CC=C)c3ccc(N(CC)CC)cc3)C23CC(Br)[C@@H]1S3. The van der Waals surface area contributed by atoms with Crippen LogP contribution in [0.4, 0.5) is 11.4 Å². The van der Waals surface area contributed by atoms with E-state index in [1.165, 1.54) is 0 Å². The van der Waals surface area contributed by atoms with E-state index in [4.69, 9.17) is 4.74 Å². The van der Waals surface area contributed by atoms with Crippen LogP contribution in [0.2, 0.25) is 0 Å². The number of benzene rings is 2. The van der Waals surface area contributed by atoms with E-state index in [1.807, 2.05) is 60.7 Å². The number of aliphatic hydroxyl groups excluding tert-OH is 1. The number of amides is 2. The highest BCUT2D eigenvalue weighted by molar-refractivity contribution is 9.09. The van der Waals surface area contributed by atoms with Gasteiger partial charge in [-0.1, -0.05) is 58.4 Å². The zero-order chi connectivity index (χ0) is 33.7. The number of hydrogen-bond donors (Lipinski definition) is 1. The Morgan fingerprint density at radius 3 is 2.38 bits per heavy atom. The fourth-order valence-electron chi connectivity index (χ4n) is 7.67. The monoisotopic (exact) mass is 723 g/mol. The molecule has 2 aromatic carbocycles. The standard InChI is InChI=1S/C37H46BrN3O5S/c1-5-9-10-14-22-46-36(45)30-31-34(43)41(29(24-42)25-15-12-11-13-16-25)33(37(31)23-28(38)32(30)47-37)35(44)40(21-6-2)27-19-17-26(18-20-27)39(7-3)8-4/h5-6,11-13,15-20,28-33,42H,1-2,7-10,14,21-24H2,3-4H3/t28?,29-,30+,31+,32+,33?,37?/m1/s1. The number of anilines is 2. The van der Waals surface area contributed by atoms with Crippen LogP contribution < -0.4 is 9.80 Å². The number of fused-ring (bicyclic) bond motifs is 1. The Labute approximate surface area is 291 Å². The van der Waals surface area contributed by atoms with Gasteiger partial charge in [0.05, 0.1) is 35.8 Å². The van der Waals surface area contributed by atoms with Crippen LogP contribution in [-0.4, -0.2) is 81.5 Å². The predicted molar refractivity (Wildman–Crippen MR) is 193 cm³/mol. The van der Waals surface area contributed by atoms with Gasteiger partial charge >= 0.3 is 5.97 Å². The van der Waals surface area contributed by atoms with E-state index in [-0.39, 0.29) is 41.6 Å². The van der Waals surface area contributed by atoms with Crippen molar-refractivity contribution in [3.63, 3.8) is 0 Å². The minimum atomic E-state index is -0.930. The maximum Gasteiger partial charge on any atom is 0.310 e. The summed E-state index contributed by atoms with van der Waals surface area (Å²) in [7, 11) is 0. The van der Waals surface area contributed by atoms with Crippen LogP contribution in [0.1, 0.15) is 51.1 Å². The highest BCUT2D eigenvalue weighted by Gasteiger charge is 2.76. The summed E-state index contributed by atoms with van der Waals surface area (Å²) in [4.78, 5) is 49.1. The van der Waals surface area contributed by atoms with Gasteiger partial charge in [0.15, 0.2) is 0 Å². The normalized spacial score (nSPS) is 26.5. The van der Waals surface area contributed by atoms with Gasteiger partial charge in [-0.15, -0.1) is 24.9 Å². The number of halogens is 1. The molecule has 7 atom stereocenters. The van der Waals surface area contributed by atoms with E-state index in [2.05, 4.69) is 47.8 Å². The molecule has 2 bridgehead atoms. The fourth-order valence-corrected chi connectivity index (χ4v) is 11.3. The lowest BCUT2D eigenvalue weighted by atomic mass is 9.71. The topological polar surface area (TPSA) is 90.4 Å². The highest BCUT2D eigenvalue weighted by atomic mass is 79.9. The maximum atomic E-state index is 15.1. The molecule has 0 radical (unpaired) electrons. The second-order valence-corrected chi connectivity index (χ2v) is 15.1. The van der Waals surface area contributed by atoms with Crippen molar-refractivity contribution in [2.45, 2.75) is 66.4 Å². The second kappa shape index (κ2) is 15.4. The molecular weight excluding hydrogens is 678 g/mol. The third-order valence-electron chi connectivity index (χ3n) is 9.84. The van der Waals surface area contributed by atoms with Crippen LogP contribution in [-0.2, 0) is 19.1 Å². The molecule has 2 amide bonds. The number of likely N-dealkylation sites (tertiary alicyclic amines) is 1. The number of hydrogen-bond acceptors (Lipinski definition) is 7. The third kappa shape index (κ3) is 6.53. The number of unbranched alkanes of at least 4 members (excludes halogenated alkanes) is 2. The van der Waals surface area contributed by atoms with E-state index < -0.39 is 34.6 Å². The Morgan fingerprint density at radius 1 is 1.09 bits per heavy atom. The Kier molecular flexibility index (Phi) is 11.6. The average Bonchev–Trinajstić information content (AvgIpc) is 3.68. The zero-order valence-corrected chi connectivity index (χ0v) is 29.7. The molecule has 1 spiro atoms. The predicted octanol–water partition coefficient (Wildman–Crippen LogP) is 6.15. The molecule has 3 fully saturated rings. The van der Waals surface area contributed by atoms with Gasteiger partial charge in [-0.2, -0.15) is 0 Å². The van der Waals surface area contributed by atoms with Crippen molar-refractivity contribution in [1.29, 1.82) is 0 Å². The fraction of sp³-hybridized carbons (Fsp3) is 0.486. The first-order valence-electron chi connectivity index (χ1n) is 16.6. The number of ether oxygens (including phenoxy) is 1. The van der Waals surface area contributed by atoms with Crippen LogP contribution in [0.15, 0.2) is 79.9 Å². The number of thioether (sulfide) groups is 1. The highest BCUT2D eigenvalue weighted by Crippen LogP contribution is 2.68. The summed E-state index contributed by atoms with van der Waals surface area (Å²) in [5, 5.41) is 10.6. The molecule has 10 heteroatoms. The van der Waals surface area contributed by atoms with E-state index in [0.717, 1.165) is 37.2 Å². The summed E-state index contributed by atoms with van der Waals surface area (Å²) in [6, 6.07) is 15.5. The van der Waals surface area contributed by atoms with Crippen molar-refractivity contribution < 1.29 is 24.2 Å². The van der Waals surface area contributed by atoms with Crippen molar-refractivity contribution in [3.05, 3.63) is 85.5 Å². The molecule has 1 N–H and O–H groups in total. The van der Waals surface area contributed by atoms with Gasteiger partial charge in [0, 0.05) is 41.1 Å². The number of aliphatic hydroxyl groups is 1. The summed E-state index contributed by atoms with van der Waals surface area (Å²) >= 11 is 5.40. The van der Waals surface area contributed by atoms with Gasteiger partial charge in [-0.25, -0.2) is 0 Å². The largest absolute Gasteiger partial charge is 0.465 e. The van der Waals surface area contributed by atoms with Crippen LogP contribution in [0.3, 0.4) is 0 Å². The lowest BCUT2D eigenvalue weighted by Gasteiger charge is -2.40. The van der Waals surface area contributed by atoms with Gasteiger partial charge < -0.3 is 24.5 Å². The number of nitrogens with zero attached hydrogens (tertiary/aromatic N) is 3. The van der Waals surface area contributed by atoms with Crippen LogP contribution >= 0.6 is 27.7 Å². The molecule has 0 saturated carbocycles. The van der Waals surface area contributed by atoms with Crippen molar-refractivity contribution in [2.24, 2.45) is 11.8 Å². The molecule has 3 aliphatic heterocycles. The second-order valence-electron chi connectivity index (χ2n) is 12.4. The van der Waals surface area contributed by atoms with Gasteiger partial charge in [0.1, 0.15) is 6.04 Å². The van der Waals surface area contributed by atoms with Gasteiger partial charge in [0.2, 0.25) is 5.91 Å². The lowest BCUT2D eigenvalue weighted by Crippen LogP contribution is -2.56. The van der Waals surface area contributed by atoms with E-state index in [1.54, 1.807) is 27.6 Å². The zero-order valence-electron chi connectivity index (χ0n) is 27.3. The van der Waals surface area contributed by atoms with Crippen LogP contribution in [0.5, 0.6) is 0 Å². The molecule has 252 valence electrons. The van der Waals surface area contributed by atoms with Gasteiger partial charge in [0.25, 0.3) is 5.91 Å². The molecule has 47 heavy (non-hydrogen) atoms. The summed E-state index contributed by atoms with van der Waals surface area (Å²) in [6.45, 7) is 13.8. The van der Waals surface area contributed by atoms with Gasteiger partial charge in [-0.3, -0.25) is 14.4 Å². The van der Waals surface area contributed by atoms with Crippen molar-refractivity contribution in [1.82, 2.24) is 4.90 Å². The number of esters is 1. The molecule has 5 rings (SSSR count). The molecule has 2 aromatic rings. The number of carbonyl (C=O) groups excluding carboxylic acids is 3. The van der Waals surface area contributed by atoms with Crippen molar-refractivity contribution in [3.8, 4) is 0 Å². The summed E-state index contributed by atoms with van der Waals surface area (Å²) in [5.74, 6) is -2.40. The molecule has 3 aliphatic rings. The Bertz CT molecular complexity index is 1440. The number of alkyl halides is 1. The number of allylic oxidation sites excluding steroid dienone is 1. The smallest absolute Gasteiger partial charge is 0.310 e.